The molecule has 1 aliphatic rings. The highest BCUT2D eigenvalue weighted by Gasteiger charge is 2.21. The highest BCUT2D eigenvalue weighted by molar-refractivity contribution is 5.92. The van der Waals surface area contributed by atoms with Gasteiger partial charge in [-0.15, -0.1) is 0 Å². The predicted octanol–water partition coefficient (Wildman–Crippen LogP) is 4.43. The van der Waals surface area contributed by atoms with E-state index in [0.717, 1.165) is 53.2 Å². The van der Waals surface area contributed by atoms with Crippen LogP contribution in [0.2, 0.25) is 0 Å². The number of nitrogens with zero attached hydrogens (tertiary/aromatic N) is 3. The van der Waals surface area contributed by atoms with Crippen molar-refractivity contribution >= 4 is 10.9 Å². The minimum atomic E-state index is 0.393. The summed E-state index contributed by atoms with van der Waals surface area (Å²) >= 11 is 0. The van der Waals surface area contributed by atoms with Gasteiger partial charge in [0.2, 0.25) is 0 Å². The second kappa shape index (κ2) is 6.85. The molecule has 1 fully saturated rings. The Hall–Kier alpha value is -3.18. The van der Waals surface area contributed by atoms with E-state index in [4.69, 9.17) is 9.84 Å². The summed E-state index contributed by atoms with van der Waals surface area (Å²) in [5.74, 6) is 1.64. The highest BCUT2D eigenvalue weighted by Crippen LogP contribution is 2.32. The molecule has 1 N–H and O–H groups in total. The monoisotopic (exact) mass is 356 g/mol. The molecule has 0 bridgehead atoms. The molecule has 0 saturated carbocycles. The van der Waals surface area contributed by atoms with Crippen molar-refractivity contribution in [1.29, 1.82) is 0 Å². The van der Waals surface area contributed by atoms with Crippen LogP contribution in [0.1, 0.15) is 12.5 Å². The summed E-state index contributed by atoms with van der Waals surface area (Å²) in [4.78, 5) is 4.32. The van der Waals surface area contributed by atoms with E-state index in [2.05, 4.69) is 33.2 Å². The molecule has 0 amide bonds. The lowest BCUT2D eigenvalue weighted by Crippen LogP contribution is -2.14. The van der Waals surface area contributed by atoms with E-state index in [0.29, 0.717) is 6.04 Å². The maximum atomic E-state index is 5.90. The molecule has 5 heteroatoms. The van der Waals surface area contributed by atoms with Crippen LogP contribution in [0.15, 0.2) is 73.1 Å². The molecule has 27 heavy (non-hydrogen) atoms. The van der Waals surface area contributed by atoms with Gasteiger partial charge in [0.15, 0.2) is 0 Å². The summed E-state index contributed by atoms with van der Waals surface area (Å²) in [5.41, 5.74) is 3.17. The van der Waals surface area contributed by atoms with Gasteiger partial charge in [0.05, 0.1) is 11.6 Å². The van der Waals surface area contributed by atoms with Crippen LogP contribution in [0.4, 0.5) is 0 Å². The van der Waals surface area contributed by atoms with Crippen molar-refractivity contribution in [3.8, 4) is 22.8 Å². The molecule has 5 rings (SSSR count). The molecule has 1 saturated heterocycles. The smallest absolute Gasteiger partial charge is 0.127 e. The SMILES string of the molecule is c1ccc(Oc2ccc(-c3nn([C@@H]4CCNC4)c4ccncc34)cc2)cc1. The number of hydrogen-bond donors (Lipinski definition) is 1. The maximum Gasteiger partial charge on any atom is 0.127 e. The van der Waals surface area contributed by atoms with Crippen molar-refractivity contribution < 1.29 is 4.74 Å². The number of para-hydroxylation sites is 1. The lowest BCUT2D eigenvalue weighted by molar-refractivity contribution is 0.483. The van der Waals surface area contributed by atoms with Crippen LogP contribution in [0.25, 0.3) is 22.2 Å². The number of benzene rings is 2. The van der Waals surface area contributed by atoms with E-state index < -0.39 is 0 Å². The first-order valence-electron chi connectivity index (χ1n) is 9.25. The molecule has 1 atom stereocenters. The standard InChI is InChI=1S/C22H20N4O/c1-2-4-18(5-3-1)27-19-8-6-16(7-9-19)22-20-15-24-13-11-21(20)26(25-22)17-10-12-23-14-17/h1-9,11,13,15,17,23H,10,12,14H2/t17-/m1/s1. The molecule has 3 heterocycles. The van der Waals surface area contributed by atoms with E-state index >= 15 is 0 Å². The largest absolute Gasteiger partial charge is 0.457 e. The van der Waals surface area contributed by atoms with Crippen molar-refractivity contribution in [3.05, 3.63) is 73.1 Å². The first-order valence-corrected chi connectivity index (χ1v) is 9.25. The van der Waals surface area contributed by atoms with Crippen molar-refractivity contribution in [1.82, 2.24) is 20.1 Å². The fourth-order valence-corrected chi connectivity index (χ4v) is 3.63. The Kier molecular flexibility index (Phi) is 4.07. The van der Waals surface area contributed by atoms with Gasteiger partial charge in [-0.2, -0.15) is 5.10 Å². The van der Waals surface area contributed by atoms with Gasteiger partial charge >= 0.3 is 0 Å². The van der Waals surface area contributed by atoms with Crippen molar-refractivity contribution in [2.45, 2.75) is 12.5 Å². The lowest BCUT2D eigenvalue weighted by atomic mass is 10.1. The summed E-state index contributed by atoms with van der Waals surface area (Å²) in [6.07, 6.45) is 4.84. The fraction of sp³-hybridized carbons (Fsp3) is 0.182. The Balaban J connectivity index is 1.50. The third-order valence-electron chi connectivity index (χ3n) is 4.99. The van der Waals surface area contributed by atoms with Crippen LogP contribution in [0, 0.1) is 0 Å². The molecule has 0 spiro atoms. The number of aromatic nitrogens is 3. The van der Waals surface area contributed by atoms with Crippen LogP contribution < -0.4 is 10.1 Å². The first kappa shape index (κ1) is 16.0. The Labute approximate surface area is 157 Å². The molecule has 0 aliphatic carbocycles. The van der Waals surface area contributed by atoms with Crippen LogP contribution >= 0.6 is 0 Å². The van der Waals surface area contributed by atoms with Gasteiger partial charge in [-0.05, 0) is 55.4 Å². The van der Waals surface area contributed by atoms with E-state index in [-0.39, 0.29) is 0 Å². The van der Waals surface area contributed by atoms with Gasteiger partial charge in [-0.25, -0.2) is 0 Å². The summed E-state index contributed by atoms with van der Waals surface area (Å²) in [5, 5.41) is 9.46. The molecular formula is C22H20N4O. The van der Waals surface area contributed by atoms with Crippen molar-refractivity contribution in [2.75, 3.05) is 13.1 Å². The van der Waals surface area contributed by atoms with Gasteiger partial charge in [0.1, 0.15) is 17.2 Å². The normalized spacial score (nSPS) is 16.7. The molecular weight excluding hydrogens is 336 g/mol. The summed E-state index contributed by atoms with van der Waals surface area (Å²) < 4.78 is 8.05. The minimum Gasteiger partial charge on any atom is -0.457 e. The second-order valence-corrected chi connectivity index (χ2v) is 6.77. The Morgan fingerprint density at radius 1 is 0.963 bits per heavy atom. The number of fused-ring (bicyclic) bond motifs is 1. The molecule has 0 radical (unpaired) electrons. The van der Waals surface area contributed by atoms with Gasteiger partial charge < -0.3 is 10.1 Å². The molecule has 1 aliphatic heterocycles. The summed E-state index contributed by atoms with van der Waals surface area (Å²) in [6, 6.07) is 20.3. The van der Waals surface area contributed by atoms with E-state index in [1.807, 2.05) is 54.9 Å². The van der Waals surface area contributed by atoms with Gasteiger partial charge in [0.25, 0.3) is 0 Å². The van der Waals surface area contributed by atoms with Crippen LogP contribution in [-0.2, 0) is 0 Å². The zero-order valence-corrected chi connectivity index (χ0v) is 14.9. The maximum absolute atomic E-state index is 5.90. The minimum absolute atomic E-state index is 0.393. The van der Waals surface area contributed by atoms with Gasteiger partial charge in [-0.3, -0.25) is 9.67 Å². The van der Waals surface area contributed by atoms with Crippen LogP contribution in [0.3, 0.4) is 0 Å². The molecule has 2 aromatic heterocycles. The number of ether oxygens (including phenoxy) is 1. The average Bonchev–Trinajstić information content (AvgIpc) is 3.37. The zero-order chi connectivity index (χ0) is 18.1. The predicted molar refractivity (Wildman–Crippen MR) is 106 cm³/mol. The lowest BCUT2D eigenvalue weighted by Gasteiger charge is -2.10. The number of pyridine rings is 1. The van der Waals surface area contributed by atoms with Gasteiger partial charge in [-0.1, -0.05) is 18.2 Å². The van der Waals surface area contributed by atoms with E-state index in [9.17, 15) is 0 Å². The Morgan fingerprint density at radius 2 is 1.78 bits per heavy atom. The Morgan fingerprint density at radius 3 is 2.56 bits per heavy atom. The number of rotatable bonds is 4. The summed E-state index contributed by atoms with van der Waals surface area (Å²) in [6.45, 7) is 2.00. The van der Waals surface area contributed by atoms with Gasteiger partial charge in [0, 0.05) is 29.9 Å². The van der Waals surface area contributed by atoms with E-state index in [1.165, 1.54) is 0 Å². The molecule has 5 nitrogen and oxygen atoms in total. The quantitative estimate of drug-likeness (QED) is 0.588. The number of hydrogen-bond acceptors (Lipinski definition) is 4. The first-order chi connectivity index (χ1) is 13.4. The molecule has 0 unspecified atom stereocenters. The number of nitrogens with one attached hydrogen (secondary N) is 1. The second-order valence-electron chi connectivity index (χ2n) is 6.77. The average molecular weight is 356 g/mol. The summed E-state index contributed by atoms with van der Waals surface area (Å²) in [7, 11) is 0. The zero-order valence-electron chi connectivity index (χ0n) is 14.9. The third-order valence-corrected chi connectivity index (χ3v) is 4.99. The molecule has 134 valence electrons. The highest BCUT2D eigenvalue weighted by atomic mass is 16.5. The molecule has 2 aromatic carbocycles. The van der Waals surface area contributed by atoms with Crippen LogP contribution in [-0.4, -0.2) is 27.9 Å². The van der Waals surface area contributed by atoms with E-state index in [1.54, 1.807) is 0 Å². The Bertz CT molecular complexity index is 1050. The fourth-order valence-electron chi connectivity index (χ4n) is 3.63. The van der Waals surface area contributed by atoms with Crippen LogP contribution in [0.5, 0.6) is 11.5 Å². The van der Waals surface area contributed by atoms with Crippen molar-refractivity contribution in [2.24, 2.45) is 0 Å². The third kappa shape index (κ3) is 3.06. The molecule has 4 aromatic rings. The van der Waals surface area contributed by atoms with Crippen molar-refractivity contribution in [3.63, 3.8) is 0 Å². The topological polar surface area (TPSA) is 52.0 Å².